The Morgan fingerprint density at radius 3 is 2.89 bits per heavy atom. The van der Waals surface area contributed by atoms with E-state index in [9.17, 15) is 9.59 Å². The quantitative estimate of drug-likeness (QED) is 0.795. The molecule has 1 aromatic heterocycles. The summed E-state index contributed by atoms with van der Waals surface area (Å²) in [5.74, 6) is 0.00421. The molecule has 0 atom stereocenters. The number of hydrogen-bond acceptors (Lipinski definition) is 3. The van der Waals surface area contributed by atoms with Gasteiger partial charge in [-0.3, -0.25) is 9.59 Å². The number of aromatic nitrogens is 1. The van der Waals surface area contributed by atoms with Gasteiger partial charge in [0.1, 0.15) is 0 Å². The molecule has 0 unspecified atom stereocenters. The lowest BCUT2D eigenvalue weighted by molar-refractivity contribution is -0.0118. The SMILES string of the molecule is Cc1[nH]c(=O)ccc1C(=O)N1CCOCC12CC2. The molecule has 2 fully saturated rings. The fraction of sp³-hybridized carbons (Fsp3) is 0.538. The van der Waals surface area contributed by atoms with E-state index < -0.39 is 0 Å². The summed E-state index contributed by atoms with van der Waals surface area (Å²) in [5, 5.41) is 0. The molecular weight excluding hydrogens is 232 g/mol. The highest BCUT2D eigenvalue weighted by Crippen LogP contribution is 2.44. The van der Waals surface area contributed by atoms with E-state index in [0.29, 0.717) is 31.0 Å². The second kappa shape index (κ2) is 3.95. The van der Waals surface area contributed by atoms with Crippen molar-refractivity contribution in [3.63, 3.8) is 0 Å². The Morgan fingerprint density at radius 2 is 2.22 bits per heavy atom. The second-order valence-corrected chi connectivity index (χ2v) is 5.09. The Morgan fingerprint density at radius 1 is 1.44 bits per heavy atom. The van der Waals surface area contributed by atoms with Gasteiger partial charge in [0.25, 0.3) is 5.91 Å². The number of carbonyl (C=O) groups excluding carboxylic acids is 1. The number of aryl methyl sites for hydroxylation is 1. The Hall–Kier alpha value is -1.62. The molecule has 3 rings (SSSR count). The highest BCUT2D eigenvalue weighted by molar-refractivity contribution is 5.96. The minimum Gasteiger partial charge on any atom is -0.377 e. The minimum absolute atomic E-state index is 0.00421. The summed E-state index contributed by atoms with van der Waals surface area (Å²) in [4.78, 5) is 28.3. The third kappa shape index (κ3) is 1.75. The Kier molecular flexibility index (Phi) is 2.52. The number of H-pyrrole nitrogens is 1. The first-order valence-electron chi connectivity index (χ1n) is 6.22. The van der Waals surface area contributed by atoms with Crippen LogP contribution in [0.2, 0.25) is 0 Å². The summed E-state index contributed by atoms with van der Waals surface area (Å²) in [5.41, 5.74) is 0.975. The van der Waals surface area contributed by atoms with Crippen LogP contribution in [0.3, 0.4) is 0 Å². The van der Waals surface area contributed by atoms with E-state index in [1.807, 2.05) is 4.90 Å². The van der Waals surface area contributed by atoms with Crippen molar-refractivity contribution in [2.24, 2.45) is 0 Å². The van der Waals surface area contributed by atoms with E-state index in [0.717, 1.165) is 12.8 Å². The zero-order valence-electron chi connectivity index (χ0n) is 10.4. The van der Waals surface area contributed by atoms with Gasteiger partial charge in [0, 0.05) is 18.3 Å². The van der Waals surface area contributed by atoms with Crippen LogP contribution in [0, 0.1) is 6.92 Å². The third-order valence-corrected chi connectivity index (χ3v) is 3.82. The largest absolute Gasteiger partial charge is 0.377 e. The lowest BCUT2D eigenvalue weighted by Gasteiger charge is -2.36. The molecule has 1 amide bonds. The highest BCUT2D eigenvalue weighted by atomic mass is 16.5. The fourth-order valence-electron chi connectivity index (χ4n) is 2.56. The molecule has 1 saturated carbocycles. The van der Waals surface area contributed by atoms with E-state index in [-0.39, 0.29) is 17.0 Å². The lowest BCUT2D eigenvalue weighted by atomic mass is 10.1. The number of aromatic amines is 1. The summed E-state index contributed by atoms with van der Waals surface area (Å²) in [6.07, 6.45) is 2.03. The number of nitrogens with zero attached hydrogens (tertiary/aromatic N) is 1. The molecule has 0 aromatic carbocycles. The average Bonchev–Trinajstić information content (AvgIpc) is 3.09. The molecule has 5 nitrogen and oxygen atoms in total. The molecule has 2 heterocycles. The zero-order chi connectivity index (χ0) is 12.8. The summed E-state index contributed by atoms with van der Waals surface area (Å²) in [6, 6.07) is 3.02. The molecule has 1 N–H and O–H groups in total. The number of amides is 1. The average molecular weight is 248 g/mol. The van der Waals surface area contributed by atoms with Crippen LogP contribution in [0.5, 0.6) is 0 Å². The van der Waals surface area contributed by atoms with E-state index >= 15 is 0 Å². The molecular formula is C13H16N2O3. The molecule has 1 aliphatic carbocycles. The minimum atomic E-state index is -0.174. The van der Waals surface area contributed by atoms with E-state index in [1.165, 1.54) is 6.07 Å². The maximum Gasteiger partial charge on any atom is 0.256 e. The van der Waals surface area contributed by atoms with Gasteiger partial charge in [-0.25, -0.2) is 0 Å². The van der Waals surface area contributed by atoms with Crippen LogP contribution >= 0.6 is 0 Å². The zero-order valence-corrected chi connectivity index (χ0v) is 10.4. The van der Waals surface area contributed by atoms with Crippen LogP contribution < -0.4 is 5.56 Å². The van der Waals surface area contributed by atoms with Crippen molar-refractivity contribution in [1.29, 1.82) is 0 Å². The van der Waals surface area contributed by atoms with Crippen LogP contribution in [-0.2, 0) is 4.74 Å². The summed E-state index contributed by atoms with van der Waals surface area (Å²) < 4.78 is 5.46. The van der Waals surface area contributed by atoms with Gasteiger partial charge in [-0.05, 0) is 25.8 Å². The Balaban J connectivity index is 1.92. The fourth-order valence-corrected chi connectivity index (χ4v) is 2.56. The molecule has 1 spiro atoms. The van der Waals surface area contributed by atoms with E-state index in [4.69, 9.17) is 4.74 Å². The first kappa shape index (κ1) is 11.5. The van der Waals surface area contributed by atoms with Gasteiger partial charge < -0.3 is 14.6 Å². The standard InChI is InChI=1S/C13H16N2O3/c1-9-10(2-3-11(16)14-9)12(17)15-6-7-18-8-13(15)4-5-13/h2-3H,4-8H2,1H3,(H,14,16). The molecule has 1 saturated heterocycles. The first-order valence-corrected chi connectivity index (χ1v) is 6.22. The smallest absolute Gasteiger partial charge is 0.256 e. The summed E-state index contributed by atoms with van der Waals surface area (Å²) >= 11 is 0. The van der Waals surface area contributed by atoms with Crippen molar-refractivity contribution in [1.82, 2.24) is 9.88 Å². The van der Waals surface area contributed by atoms with Crippen LogP contribution in [0.15, 0.2) is 16.9 Å². The van der Waals surface area contributed by atoms with Crippen LogP contribution in [0.25, 0.3) is 0 Å². The number of rotatable bonds is 1. The van der Waals surface area contributed by atoms with Gasteiger partial charge in [0.2, 0.25) is 5.56 Å². The summed E-state index contributed by atoms with van der Waals surface area (Å²) in [6.45, 7) is 3.63. The van der Waals surface area contributed by atoms with Gasteiger partial charge in [0.05, 0.1) is 24.3 Å². The topological polar surface area (TPSA) is 62.4 Å². The molecule has 0 bridgehead atoms. The van der Waals surface area contributed by atoms with Crippen molar-refractivity contribution in [2.75, 3.05) is 19.8 Å². The molecule has 1 aliphatic heterocycles. The molecule has 96 valence electrons. The van der Waals surface area contributed by atoms with Gasteiger partial charge in [-0.1, -0.05) is 0 Å². The van der Waals surface area contributed by atoms with Crippen LogP contribution in [0.4, 0.5) is 0 Å². The van der Waals surface area contributed by atoms with E-state index in [2.05, 4.69) is 4.98 Å². The number of hydrogen-bond donors (Lipinski definition) is 1. The van der Waals surface area contributed by atoms with Crippen molar-refractivity contribution in [3.05, 3.63) is 33.7 Å². The van der Waals surface area contributed by atoms with Gasteiger partial charge >= 0.3 is 0 Å². The van der Waals surface area contributed by atoms with Crippen molar-refractivity contribution in [2.45, 2.75) is 25.3 Å². The van der Waals surface area contributed by atoms with Crippen molar-refractivity contribution >= 4 is 5.91 Å². The van der Waals surface area contributed by atoms with Crippen molar-refractivity contribution < 1.29 is 9.53 Å². The maximum absolute atomic E-state index is 12.5. The number of pyridine rings is 1. The predicted molar refractivity (Wildman–Crippen MR) is 65.6 cm³/mol. The maximum atomic E-state index is 12.5. The normalized spacial score (nSPS) is 21.1. The number of ether oxygens (including phenoxy) is 1. The molecule has 1 aromatic rings. The number of carbonyl (C=O) groups is 1. The Labute approximate surface area is 105 Å². The molecule has 2 aliphatic rings. The second-order valence-electron chi connectivity index (χ2n) is 5.09. The first-order chi connectivity index (χ1) is 8.62. The van der Waals surface area contributed by atoms with Gasteiger partial charge in [-0.2, -0.15) is 0 Å². The van der Waals surface area contributed by atoms with Crippen LogP contribution in [-0.4, -0.2) is 41.1 Å². The number of morpholine rings is 1. The Bertz CT molecular complexity index is 545. The highest BCUT2D eigenvalue weighted by Gasteiger charge is 2.52. The van der Waals surface area contributed by atoms with E-state index in [1.54, 1.807) is 13.0 Å². The molecule has 5 heteroatoms. The lowest BCUT2D eigenvalue weighted by Crippen LogP contribution is -2.50. The monoisotopic (exact) mass is 248 g/mol. The van der Waals surface area contributed by atoms with Gasteiger partial charge in [-0.15, -0.1) is 0 Å². The van der Waals surface area contributed by atoms with Gasteiger partial charge in [0.15, 0.2) is 0 Å². The molecule has 18 heavy (non-hydrogen) atoms. The summed E-state index contributed by atoms with van der Waals surface area (Å²) in [7, 11) is 0. The van der Waals surface area contributed by atoms with Crippen LogP contribution in [0.1, 0.15) is 28.9 Å². The molecule has 0 radical (unpaired) electrons. The van der Waals surface area contributed by atoms with Crippen molar-refractivity contribution in [3.8, 4) is 0 Å². The third-order valence-electron chi connectivity index (χ3n) is 3.82. The predicted octanol–water partition coefficient (Wildman–Crippen LogP) is 0.688. The number of nitrogens with one attached hydrogen (secondary N) is 1.